The highest BCUT2D eigenvalue weighted by atomic mass is 79.9. The Kier molecular flexibility index (Phi) is 3.11. The summed E-state index contributed by atoms with van der Waals surface area (Å²) in [7, 11) is 0. The topological polar surface area (TPSA) is 59.7 Å². The Morgan fingerprint density at radius 1 is 1.67 bits per heavy atom. The van der Waals surface area contributed by atoms with Gasteiger partial charge in [0.1, 0.15) is 17.9 Å². The van der Waals surface area contributed by atoms with Crippen LogP contribution >= 0.6 is 15.9 Å². The van der Waals surface area contributed by atoms with E-state index in [2.05, 4.69) is 15.9 Å². The molecular formula is C10H11BrO4. The van der Waals surface area contributed by atoms with Gasteiger partial charge in [-0.15, -0.1) is 0 Å². The molecule has 0 saturated carbocycles. The van der Waals surface area contributed by atoms with Gasteiger partial charge in [0.2, 0.25) is 0 Å². The van der Waals surface area contributed by atoms with Crippen LogP contribution in [0.5, 0.6) is 0 Å². The Labute approximate surface area is 95.3 Å². The molecule has 0 radical (unpaired) electrons. The molecule has 1 unspecified atom stereocenters. The third-order valence-corrected chi connectivity index (χ3v) is 3.01. The maximum absolute atomic E-state index is 10.5. The minimum Gasteiger partial charge on any atom is -0.481 e. The molecule has 0 bridgehead atoms. The number of carboxylic acids is 1. The van der Waals surface area contributed by atoms with Crippen LogP contribution in [0.4, 0.5) is 0 Å². The van der Waals surface area contributed by atoms with Crippen LogP contribution in [0.1, 0.15) is 23.9 Å². The van der Waals surface area contributed by atoms with E-state index in [0.717, 1.165) is 23.3 Å². The van der Waals surface area contributed by atoms with Crippen molar-refractivity contribution in [3.63, 3.8) is 0 Å². The van der Waals surface area contributed by atoms with E-state index in [1.165, 1.54) is 0 Å². The SMILES string of the molecule is O=C(O)Cc1cc(Br)c(C2CCOC2)o1. The lowest BCUT2D eigenvalue weighted by molar-refractivity contribution is -0.136. The summed E-state index contributed by atoms with van der Waals surface area (Å²) >= 11 is 3.37. The highest BCUT2D eigenvalue weighted by molar-refractivity contribution is 9.10. The molecule has 4 nitrogen and oxygen atoms in total. The number of halogens is 1. The fourth-order valence-electron chi connectivity index (χ4n) is 1.69. The first kappa shape index (κ1) is 10.7. The zero-order valence-electron chi connectivity index (χ0n) is 8.03. The fraction of sp³-hybridized carbons (Fsp3) is 0.500. The van der Waals surface area contributed by atoms with Crippen LogP contribution < -0.4 is 0 Å². The zero-order valence-corrected chi connectivity index (χ0v) is 9.62. The summed E-state index contributed by atoms with van der Waals surface area (Å²) in [4.78, 5) is 10.5. The Balaban J connectivity index is 2.17. The first-order valence-corrected chi connectivity index (χ1v) is 5.53. The van der Waals surface area contributed by atoms with Crippen LogP contribution in [-0.4, -0.2) is 24.3 Å². The highest BCUT2D eigenvalue weighted by Crippen LogP contribution is 2.33. The van der Waals surface area contributed by atoms with Crippen LogP contribution in [0.2, 0.25) is 0 Å². The van der Waals surface area contributed by atoms with Crippen LogP contribution in [0.15, 0.2) is 15.0 Å². The zero-order chi connectivity index (χ0) is 10.8. The molecule has 1 saturated heterocycles. The number of hydrogen-bond acceptors (Lipinski definition) is 3. The Hall–Kier alpha value is -0.810. The molecule has 1 aromatic heterocycles. The van der Waals surface area contributed by atoms with E-state index in [1.807, 2.05) is 0 Å². The molecule has 2 heterocycles. The molecule has 15 heavy (non-hydrogen) atoms. The number of hydrogen-bond donors (Lipinski definition) is 1. The summed E-state index contributed by atoms with van der Waals surface area (Å²) in [5.41, 5.74) is 0. The number of carbonyl (C=O) groups is 1. The van der Waals surface area contributed by atoms with Crippen molar-refractivity contribution in [1.29, 1.82) is 0 Å². The second-order valence-electron chi connectivity index (χ2n) is 3.56. The third-order valence-electron chi connectivity index (χ3n) is 2.39. The van der Waals surface area contributed by atoms with Gasteiger partial charge in [-0.05, 0) is 28.4 Å². The number of rotatable bonds is 3. The molecule has 0 aliphatic carbocycles. The van der Waals surface area contributed by atoms with Gasteiger partial charge < -0.3 is 14.3 Å². The van der Waals surface area contributed by atoms with Crippen LogP contribution in [0.3, 0.4) is 0 Å². The van der Waals surface area contributed by atoms with E-state index < -0.39 is 5.97 Å². The Morgan fingerprint density at radius 2 is 2.47 bits per heavy atom. The molecule has 1 fully saturated rings. The second kappa shape index (κ2) is 4.37. The van der Waals surface area contributed by atoms with Crippen LogP contribution in [0.25, 0.3) is 0 Å². The highest BCUT2D eigenvalue weighted by Gasteiger charge is 2.24. The second-order valence-corrected chi connectivity index (χ2v) is 4.41. The van der Waals surface area contributed by atoms with Gasteiger partial charge in [0.15, 0.2) is 0 Å². The fourth-order valence-corrected chi connectivity index (χ4v) is 2.35. The summed E-state index contributed by atoms with van der Waals surface area (Å²) in [6, 6.07) is 1.72. The Bertz CT molecular complexity index is 365. The monoisotopic (exact) mass is 274 g/mol. The lowest BCUT2D eigenvalue weighted by atomic mass is 10.1. The smallest absolute Gasteiger partial charge is 0.311 e. The molecule has 2 rings (SSSR count). The quantitative estimate of drug-likeness (QED) is 0.918. The van der Waals surface area contributed by atoms with Crippen molar-refractivity contribution in [1.82, 2.24) is 0 Å². The molecule has 0 spiro atoms. The minimum absolute atomic E-state index is 0.0772. The van der Waals surface area contributed by atoms with Gasteiger partial charge >= 0.3 is 5.97 Å². The lowest BCUT2D eigenvalue weighted by Crippen LogP contribution is -1.99. The predicted octanol–water partition coefficient (Wildman–Crippen LogP) is 2.17. The van der Waals surface area contributed by atoms with Gasteiger partial charge in [-0.2, -0.15) is 0 Å². The molecule has 1 N–H and O–H groups in total. The summed E-state index contributed by atoms with van der Waals surface area (Å²) in [5.74, 6) is 0.660. The molecular weight excluding hydrogens is 264 g/mol. The molecule has 5 heteroatoms. The van der Waals surface area contributed by atoms with E-state index in [1.54, 1.807) is 6.07 Å². The molecule has 0 aromatic carbocycles. The van der Waals surface area contributed by atoms with Crippen molar-refractivity contribution < 1.29 is 19.1 Å². The largest absolute Gasteiger partial charge is 0.481 e. The molecule has 82 valence electrons. The molecule has 1 aromatic rings. The third kappa shape index (κ3) is 2.41. The number of aliphatic carboxylic acids is 1. The van der Waals surface area contributed by atoms with E-state index >= 15 is 0 Å². The van der Waals surface area contributed by atoms with Gasteiger partial charge in [-0.25, -0.2) is 0 Å². The Morgan fingerprint density at radius 3 is 3.07 bits per heavy atom. The lowest BCUT2D eigenvalue weighted by Gasteiger charge is -2.03. The number of ether oxygens (including phenoxy) is 1. The van der Waals surface area contributed by atoms with Crippen LogP contribution in [0, 0.1) is 0 Å². The number of furan rings is 1. The number of carboxylic acid groups (broad SMARTS) is 1. The first-order valence-electron chi connectivity index (χ1n) is 4.74. The van der Waals surface area contributed by atoms with Crippen molar-refractivity contribution in [3.05, 3.63) is 22.1 Å². The minimum atomic E-state index is -0.884. The first-order chi connectivity index (χ1) is 7.16. The molecule has 1 atom stereocenters. The van der Waals surface area contributed by atoms with Gasteiger partial charge in [-0.3, -0.25) is 4.79 Å². The van der Waals surface area contributed by atoms with Crippen LogP contribution in [-0.2, 0) is 16.0 Å². The average Bonchev–Trinajstić information content (AvgIpc) is 2.72. The molecule has 1 aliphatic heterocycles. The summed E-state index contributed by atoms with van der Waals surface area (Å²) in [6.45, 7) is 1.39. The van der Waals surface area contributed by atoms with Crippen molar-refractivity contribution in [3.8, 4) is 0 Å². The van der Waals surface area contributed by atoms with E-state index in [9.17, 15) is 4.79 Å². The maximum Gasteiger partial charge on any atom is 0.311 e. The maximum atomic E-state index is 10.5. The van der Waals surface area contributed by atoms with E-state index in [0.29, 0.717) is 12.4 Å². The van der Waals surface area contributed by atoms with Crippen molar-refractivity contribution in [2.75, 3.05) is 13.2 Å². The normalized spacial score (nSPS) is 20.7. The summed E-state index contributed by atoms with van der Waals surface area (Å²) in [5, 5.41) is 8.63. The standard InChI is InChI=1S/C10H11BrO4/c11-8-3-7(4-9(12)13)15-10(8)6-1-2-14-5-6/h3,6H,1-2,4-5H2,(H,12,13). The van der Waals surface area contributed by atoms with Crippen molar-refractivity contribution in [2.45, 2.75) is 18.8 Å². The van der Waals surface area contributed by atoms with Gasteiger partial charge in [-0.1, -0.05) is 0 Å². The predicted molar refractivity (Wildman–Crippen MR) is 55.9 cm³/mol. The van der Waals surface area contributed by atoms with Crippen molar-refractivity contribution in [2.24, 2.45) is 0 Å². The van der Waals surface area contributed by atoms with Gasteiger partial charge in [0.05, 0.1) is 11.1 Å². The summed E-state index contributed by atoms with van der Waals surface area (Å²) in [6.07, 6.45) is 0.852. The van der Waals surface area contributed by atoms with Gasteiger partial charge in [0.25, 0.3) is 0 Å². The molecule has 0 amide bonds. The molecule has 1 aliphatic rings. The average molecular weight is 275 g/mol. The van der Waals surface area contributed by atoms with E-state index in [4.69, 9.17) is 14.3 Å². The van der Waals surface area contributed by atoms with Gasteiger partial charge in [0, 0.05) is 12.5 Å². The van der Waals surface area contributed by atoms with E-state index in [-0.39, 0.29) is 12.3 Å². The van der Waals surface area contributed by atoms with Crippen molar-refractivity contribution >= 4 is 21.9 Å². The summed E-state index contributed by atoms with van der Waals surface area (Å²) < 4.78 is 11.6.